The first kappa shape index (κ1) is 20.6. The van der Waals surface area contributed by atoms with Gasteiger partial charge in [0, 0.05) is 26.2 Å². The first-order valence-corrected chi connectivity index (χ1v) is 11.5. The van der Waals surface area contributed by atoms with Crippen LogP contribution in [-0.4, -0.2) is 51.8 Å². The number of aromatic nitrogens is 3. The Morgan fingerprint density at radius 3 is 2.59 bits per heavy atom. The molecule has 1 amide bonds. The average Bonchev–Trinajstić information content (AvgIpc) is 3.34. The van der Waals surface area contributed by atoms with Crippen LogP contribution in [0.15, 0.2) is 48.5 Å². The molecule has 2 aromatic carbocycles. The van der Waals surface area contributed by atoms with E-state index in [1.165, 1.54) is 17.7 Å². The number of carbonyl (C=O) groups is 1. The zero-order valence-corrected chi connectivity index (χ0v) is 18.9. The number of aryl methyl sites for hydroxylation is 2. The number of benzene rings is 2. The highest BCUT2D eigenvalue weighted by atomic mass is 32.1. The van der Waals surface area contributed by atoms with Crippen LogP contribution in [0.2, 0.25) is 0 Å². The maximum Gasteiger partial charge on any atom is 0.227 e. The summed E-state index contributed by atoms with van der Waals surface area (Å²) in [5.41, 5.74) is 4.73. The third-order valence-electron chi connectivity index (χ3n) is 5.77. The molecular weight excluding hydrogens is 425 g/mol. The van der Waals surface area contributed by atoms with Crippen LogP contribution in [0.1, 0.15) is 16.8 Å². The third kappa shape index (κ3) is 3.98. The van der Waals surface area contributed by atoms with E-state index in [0.717, 1.165) is 39.9 Å². The Morgan fingerprint density at radius 2 is 1.84 bits per heavy atom. The number of carbonyl (C=O) groups excluding carboxylic acids is 1. The van der Waals surface area contributed by atoms with E-state index in [4.69, 9.17) is 10.1 Å². The van der Waals surface area contributed by atoms with Gasteiger partial charge >= 0.3 is 0 Å². The van der Waals surface area contributed by atoms with E-state index in [2.05, 4.69) is 24.0 Å². The van der Waals surface area contributed by atoms with Crippen LogP contribution >= 0.6 is 11.3 Å². The van der Waals surface area contributed by atoms with E-state index in [1.807, 2.05) is 28.6 Å². The highest BCUT2D eigenvalue weighted by molar-refractivity contribution is 7.22. The summed E-state index contributed by atoms with van der Waals surface area (Å²) >= 11 is 1.65. The minimum absolute atomic E-state index is 0.0329. The van der Waals surface area contributed by atoms with Crippen LogP contribution < -0.4 is 4.90 Å². The van der Waals surface area contributed by atoms with Gasteiger partial charge in [0.25, 0.3) is 0 Å². The number of halogens is 1. The van der Waals surface area contributed by atoms with Crippen LogP contribution in [0.5, 0.6) is 0 Å². The Hall–Kier alpha value is -3.26. The zero-order valence-electron chi connectivity index (χ0n) is 18.1. The molecule has 0 radical (unpaired) electrons. The lowest BCUT2D eigenvalue weighted by Gasteiger charge is -2.34. The summed E-state index contributed by atoms with van der Waals surface area (Å²) in [4.78, 5) is 21.7. The molecule has 164 valence electrons. The Labute approximate surface area is 189 Å². The zero-order chi connectivity index (χ0) is 22.2. The minimum Gasteiger partial charge on any atom is -0.344 e. The first-order chi connectivity index (χ1) is 15.5. The van der Waals surface area contributed by atoms with Crippen molar-refractivity contribution in [1.82, 2.24) is 19.7 Å². The molecule has 0 saturated carbocycles. The maximum atomic E-state index is 13.4. The third-order valence-corrected chi connectivity index (χ3v) is 6.98. The van der Waals surface area contributed by atoms with Crippen molar-refractivity contribution in [2.24, 2.45) is 0 Å². The monoisotopic (exact) mass is 449 g/mol. The quantitative estimate of drug-likeness (QED) is 0.470. The topological polar surface area (TPSA) is 54.3 Å². The Kier molecular flexibility index (Phi) is 5.38. The molecule has 0 N–H and O–H groups in total. The van der Waals surface area contributed by atoms with Crippen LogP contribution in [0.25, 0.3) is 16.0 Å². The molecule has 1 aliphatic rings. The number of anilines is 1. The van der Waals surface area contributed by atoms with Crippen molar-refractivity contribution >= 4 is 32.7 Å². The largest absolute Gasteiger partial charge is 0.344 e. The second kappa shape index (κ2) is 8.35. The molecule has 3 heterocycles. The smallest absolute Gasteiger partial charge is 0.227 e. The normalized spacial score (nSPS) is 14.3. The van der Waals surface area contributed by atoms with Crippen molar-refractivity contribution in [2.75, 3.05) is 31.1 Å². The summed E-state index contributed by atoms with van der Waals surface area (Å²) in [6.45, 7) is 6.79. The van der Waals surface area contributed by atoms with Gasteiger partial charge < -0.3 is 9.80 Å². The standard InChI is InChI=1S/C24H24FN5OS/c1-16-5-3-8-20(13-16)30-23-22(17(2)27-30)32-24(26-23)29-11-9-28(10-12-29)21(31)15-18-6-4-7-19(25)14-18/h3-8,13-14H,9-12,15H2,1-2H3. The number of amides is 1. The molecule has 0 atom stereocenters. The molecule has 4 aromatic rings. The minimum atomic E-state index is -0.310. The van der Waals surface area contributed by atoms with Crippen LogP contribution in [0.3, 0.4) is 0 Å². The van der Waals surface area contributed by atoms with Gasteiger partial charge in [-0.3, -0.25) is 4.79 Å². The summed E-state index contributed by atoms with van der Waals surface area (Å²) in [6.07, 6.45) is 0.227. The summed E-state index contributed by atoms with van der Waals surface area (Å²) in [5, 5.41) is 5.65. The molecule has 0 spiro atoms. The van der Waals surface area contributed by atoms with Crippen LogP contribution in [0, 0.1) is 19.7 Å². The summed E-state index contributed by atoms with van der Waals surface area (Å²) in [6, 6.07) is 14.5. The summed E-state index contributed by atoms with van der Waals surface area (Å²) < 4.78 is 16.4. The van der Waals surface area contributed by atoms with E-state index >= 15 is 0 Å². The lowest BCUT2D eigenvalue weighted by Crippen LogP contribution is -2.49. The molecule has 1 saturated heterocycles. The van der Waals surface area contributed by atoms with Crippen LogP contribution in [0.4, 0.5) is 9.52 Å². The van der Waals surface area contributed by atoms with Crippen molar-refractivity contribution in [3.05, 3.63) is 71.2 Å². The van der Waals surface area contributed by atoms with Gasteiger partial charge in [-0.05, 0) is 49.2 Å². The van der Waals surface area contributed by atoms with Crippen LogP contribution in [-0.2, 0) is 11.2 Å². The van der Waals surface area contributed by atoms with E-state index in [1.54, 1.807) is 23.5 Å². The Bertz CT molecular complexity index is 1290. The number of fused-ring (bicyclic) bond motifs is 1. The van der Waals surface area contributed by atoms with Gasteiger partial charge in [0.1, 0.15) is 5.82 Å². The van der Waals surface area contributed by atoms with Crippen molar-refractivity contribution < 1.29 is 9.18 Å². The second-order valence-electron chi connectivity index (χ2n) is 8.16. The first-order valence-electron chi connectivity index (χ1n) is 10.7. The van der Waals surface area contributed by atoms with E-state index in [9.17, 15) is 9.18 Å². The molecule has 2 aromatic heterocycles. The fourth-order valence-corrected chi connectivity index (χ4v) is 5.12. The van der Waals surface area contributed by atoms with E-state index in [0.29, 0.717) is 18.7 Å². The van der Waals surface area contributed by atoms with Gasteiger partial charge in [-0.1, -0.05) is 35.6 Å². The van der Waals surface area contributed by atoms with Crippen molar-refractivity contribution in [2.45, 2.75) is 20.3 Å². The van der Waals surface area contributed by atoms with Gasteiger partial charge in [-0.15, -0.1) is 0 Å². The van der Waals surface area contributed by atoms with Gasteiger partial charge in [-0.25, -0.2) is 9.07 Å². The number of thiazole rings is 1. The predicted molar refractivity (Wildman–Crippen MR) is 125 cm³/mol. The number of rotatable bonds is 4. The fraction of sp³-hybridized carbons (Fsp3) is 0.292. The molecule has 0 aliphatic carbocycles. The van der Waals surface area contributed by atoms with Gasteiger partial charge in [0.05, 0.1) is 22.5 Å². The molecule has 5 rings (SSSR count). The highest BCUT2D eigenvalue weighted by Gasteiger charge is 2.25. The van der Waals surface area contributed by atoms with Crippen molar-refractivity contribution in [3.63, 3.8) is 0 Å². The lowest BCUT2D eigenvalue weighted by molar-refractivity contribution is -0.130. The molecule has 0 bridgehead atoms. The number of hydrogen-bond acceptors (Lipinski definition) is 5. The highest BCUT2D eigenvalue weighted by Crippen LogP contribution is 2.33. The van der Waals surface area contributed by atoms with E-state index < -0.39 is 0 Å². The molecule has 6 nitrogen and oxygen atoms in total. The molecular formula is C24H24FN5OS. The maximum absolute atomic E-state index is 13.4. The molecule has 32 heavy (non-hydrogen) atoms. The molecule has 0 unspecified atom stereocenters. The van der Waals surface area contributed by atoms with Gasteiger partial charge in [-0.2, -0.15) is 10.1 Å². The molecule has 1 fully saturated rings. The SMILES string of the molecule is Cc1cccc(-n2nc(C)c3sc(N4CCN(C(=O)Cc5cccc(F)c5)CC4)nc32)c1. The summed E-state index contributed by atoms with van der Waals surface area (Å²) in [5.74, 6) is -0.277. The number of hydrogen-bond donors (Lipinski definition) is 0. The van der Waals surface area contributed by atoms with Crippen molar-refractivity contribution in [1.29, 1.82) is 0 Å². The Balaban J connectivity index is 1.30. The Morgan fingerprint density at radius 1 is 1.06 bits per heavy atom. The fourth-order valence-electron chi connectivity index (χ4n) is 4.08. The number of nitrogens with zero attached hydrogens (tertiary/aromatic N) is 5. The molecule has 8 heteroatoms. The lowest BCUT2D eigenvalue weighted by atomic mass is 10.1. The van der Waals surface area contributed by atoms with Gasteiger partial charge in [0.2, 0.25) is 5.91 Å². The average molecular weight is 450 g/mol. The van der Waals surface area contributed by atoms with E-state index in [-0.39, 0.29) is 18.1 Å². The van der Waals surface area contributed by atoms with Gasteiger partial charge in [0.15, 0.2) is 10.8 Å². The molecule has 1 aliphatic heterocycles. The predicted octanol–water partition coefficient (Wildman–Crippen LogP) is 4.13. The second-order valence-corrected chi connectivity index (χ2v) is 9.14. The summed E-state index contributed by atoms with van der Waals surface area (Å²) in [7, 11) is 0. The number of piperazine rings is 1. The van der Waals surface area contributed by atoms with Crippen molar-refractivity contribution in [3.8, 4) is 5.69 Å².